The molecule has 0 saturated carbocycles. The summed E-state index contributed by atoms with van der Waals surface area (Å²) in [5, 5.41) is 18.2. The van der Waals surface area contributed by atoms with Gasteiger partial charge in [-0.25, -0.2) is 4.79 Å². The summed E-state index contributed by atoms with van der Waals surface area (Å²) in [7, 11) is 0. The Labute approximate surface area is 158 Å². The number of amides is 2. The van der Waals surface area contributed by atoms with E-state index in [1.807, 2.05) is 48.5 Å². The Morgan fingerprint density at radius 2 is 1.93 bits per heavy atom. The second-order valence-corrected chi connectivity index (χ2v) is 6.68. The summed E-state index contributed by atoms with van der Waals surface area (Å²) in [6.07, 6.45) is 0.105. The Morgan fingerprint density at radius 3 is 2.85 bits per heavy atom. The van der Waals surface area contributed by atoms with Crippen molar-refractivity contribution >= 4 is 16.8 Å². The highest BCUT2D eigenvalue weighted by molar-refractivity contribution is 5.86. The van der Waals surface area contributed by atoms with Crippen molar-refractivity contribution in [1.82, 2.24) is 10.6 Å². The first-order chi connectivity index (χ1) is 13.2. The third-order valence-corrected chi connectivity index (χ3v) is 4.87. The van der Waals surface area contributed by atoms with E-state index >= 15 is 0 Å². The Hall–Kier alpha value is -3.05. The minimum atomic E-state index is -0.751. The fraction of sp³-hybridized carbons (Fsp3) is 0.227. The average Bonchev–Trinajstić information content (AvgIpc) is 3.18. The standard InChI is InChI=1S/C22H22N2O3/c25-20(16-8-9-21-17(12-16)10-11-27-21)14-24-22(26)23-13-18-6-3-5-15-4-1-2-7-19(15)18/h1-9,12,20,25H,10-11,13-14H2,(H2,23,24,26)/t20-/m1/s1. The van der Waals surface area contributed by atoms with Crippen molar-refractivity contribution in [3.05, 3.63) is 77.4 Å². The number of carbonyl (C=O) groups excluding carboxylic acids is 1. The third kappa shape index (κ3) is 3.88. The van der Waals surface area contributed by atoms with E-state index in [2.05, 4.69) is 22.8 Å². The molecule has 0 aromatic heterocycles. The van der Waals surface area contributed by atoms with Crippen LogP contribution in [0.25, 0.3) is 10.8 Å². The van der Waals surface area contributed by atoms with E-state index in [4.69, 9.17) is 4.74 Å². The summed E-state index contributed by atoms with van der Waals surface area (Å²) in [5.74, 6) is 0.881. The van der Waals surface area contributed by atoms with Gasteiger partial charge in [0.05, 0.1) is 12.7 Å². The topological polar surface area (TPSA) is 70.6 Å². The van der Waals surface area contributed by atoms with Gasteiger partial charge in [0.1, 0.15) is 5.75 Å². The molecule has 0 bridgehead atoms. The van der Waals surface area contributed by atoms with Crippen LogP contribution in [0.5, 0.6) is 5.75 Å². The number of fused-ring (bicyclic) bond motifs is 2. The number of hydrogen-bond acceptors (Lipinski definition) is 3. The molecule has 0 unspecified atom stereocenters. The van der Waals surface area contributed by atoms with Crippen molar-refractivity contribution in [2.24, 2.45) is 0 Å². The number of aliphatic hydroxyl groups excluding tert-OH is 1. The quantitative estimate of drug-likeness (QED) is 0.652. The Kier molecular flexibility index (Phi) is 4.94. The van der Waals surface area contributed by atoms with Crippen LogP contribution < -0.4 is 15.4 Å². The number of carbonyl (C=O) groups is 1. The van der Waals surface area contributed by atoms with Gasteiger partial charge in [-0.05, 0) is 39.6 Å². The third-order valence-electron chi connectivity index (χ3n) is 4.87. The predicted molar refractivity (Wildman–Crippen MR) is 105 cm³/mol. The molecule has 3 aromatic rings. The molecule has 1 heterocycles. The smallest absolute Gasteiger partial charge is 0.315 e. The molecule has 5 nitrogen and oxygen atoms in total. The van der Waals surface area contributed by atoms with Crippen LogP contribution in [0.3, 0.4) is 0 Å². The molecule has 1 atom stereocenters. The fourth-order valence-electron chi connectivity index (χ4n) is 3.41. The van der Waals surface area contributed by atoms with Crippen LogP contribution in [0.2, 0.25) is 0 Å². The van der Waals surface area contributed by atoms with Gasteiger partial charge < -0.3 is 20.5 Å². The summed E-state index contributed by atoms with van der Waals surface area (Å²) in [6, 6.07) is 19.5. The molecule has 27 heavy (non-hydrogen) atoms. The Bertz CT molecular complexity index is 965. The Morgan fingerprint density at radius 1 is 1.07 bits per heavy atom. The highest BCUT2D eigenvalue weighted by Crippen LogP contribution is 2.28. The molecule has 0 fully saturated rings. The summed E-state index contributed by atoms with van der Waals surface area (Å²) in [5.41, 5.74) is 2.95. The SMILES string of the molecule is O=C(NCc1cccc2ccccc12)NC[C@@H](O)c1ccc2c(c1)CCO2. The zero-order chi connectivity index (χ0) is 18.6. The minimum absolute atomic E-state index is 0.154. The van der Waals surface area contributed by atoms with Gasteiger partial charge in [-0.3, -0.25) is 0 Å². The highest BCUT2D eigenvalue weighted by atomic mass is 16.5. The van der Waals surface area contributed by atoms with E-state index in [0.717, 1.165) is 39.6 Å². The van der Waals surface area contributed by atoms with E-state index in [9.17, 15) is 9.90 Å². The van der Waals surface area contributed by atoms with Crippen LogP contribution in [-0.2, 0) is 13.0 Å². The Balaban J connectivity index is 1.32. The van der Waals surface area contributed by atoms with Crippen LogP contribution in [0.15, 0.2) is 60.7 Å². The first-order valence-corrected chi connectivity index (χ1v) is 9.13. The van der Waals surface area contributed by atoms with E-state index < -0.39 is 6.10 Å². The van der Waals surface area contributed by atoms with Crippen molar-refractivity contribution in [2.75, 3.05) is 13.2 Å². The zero-order valence-corrected chi connectivity index (χ0v) is 14.9. The van der Waals surface area contributed by atoms with Crippen LogP contribution >= 0.6 is 0 Å². The second-order valence-electron chi connectivity index (χ2n) is 6.68. The van der Waals surface area contributed by atoms with Crippen molar-refractivity contribution in [3.63, 3.8) is 0 Å². The summed E-state index contributed by atoms with van der Waals surface area (Å²) in [4.78, 5) is 12.1. The maximum absolute atomic E-state index is 12.1. The number of hydrogen-bond donors (Lipinski definition) is 3. The zero-order valence-electron chi connectivity index (χ0n) is 14.9. The van der Waals surface area contributed by atoms with E-state index in [-0.39, 0.29) is 12.6 Å². The lowest BCUT2D eigenvalue weighted by atomic mass is 10.0. The molecular weight excluding hydrogens is 340 g/mol. The summed E-state index contributed by atoms with van der Waals surface area (Å²) in [6.45, 7) is 1.27. The van der Waals surface area contributed by atoms with Crippen LogP contribution in [-0.4, -0.2) is 24.3 Å². The molecule has 2 amide bonds. The van der Waals surface area contributed by atoms with Crippen molar-refractivity contribution in [2.45, 2.75) is 19.1 Å². The van der Waals surface area contributed by atoms with Crippen molar-refractivity contribution in [1.29, 1.82) is 0 Å². The van der Waals surface area contributed by atoms with Crippen LogP contribution in [0.4, 0.5) is 4.79 Å². The van der Waals surface area contributed by atoms with Gasteiger partial charge in [-0.15, -0.1) is 0 Å². The highest BCUT2D eigenvalue weighted by Gasteiger charge is 2.16. The van der Waals surface area contributed by atoms with E-state index in [1.54, 1.807) is 0 Å². The normalized spacial score (nSPS) is 13.7. The van der Waals surface area contributed by atoms with Gasteiger partial charge in [-0.2, -0.15) is 0 Å². The van der Waals surface area contributed by atoms with Gasteiger partial charge >= 0.3 is 6.03 Å². The number of benzene rings is 3. The molecule has 5 heteroatoms. The number of nitrogens with one attached hydrogen (secondary N) is 2. The molecular formula is C22H22N2O3. The van der Waals surface area contributed by atoms with Gasteiger partial charge in [0.15, 0.2) is 0 Å². The lowest BCUT2D eigenvalue weighted by molar-refractivity contribution is 0.173. The summed E-state index contributed by atoms with van der Waals surface area (Å²) >= 11 is 0. The molecule has 0 spiro atoms. The van der Waals surface area contributed by atoms with Crippen LogP contribution in [0.1, 0.15) is 22.8 Å². The van der Waals surface area contributed by atoms with Crippen molar-refractivity contribution in [3.8, 4) is 5.75 Å². The number of ether oxygens (including phenoxy) is 1. The number of aliphatic hydroxyl groups is 1. The molecule has 4 rings (SSSR count). The maximum Gasteiger partial charge on any atom is 0.315 e. The average molecular weight is 362 g/mol. The second kappa shape index (κ2) is 7.68. The molecule has 0 aliphatic carbocycles. The van der Waals surface area contributed by atoms with E-state index in [0.29, 0.717) is 13.2 Å². The van der Waals surface area contributed by atoms with Gasteiger partial charge in [-0.1, -0.05) is 48.5 Å². The van der Waals surface area contributed by atoms with Crippen molar-refractivity contribution < 1.29 is 14.6 Å². The van der Waals surface area contributed by atoms with E-state index in [1.165, 1.54) is 0 Å². The van der Waals surface area contributed by atoms with Gasteiger partial charge in [0, 0.05) is 19.5 Å². The largest absolute Gasteiger partial charge is 0.493 e. The minimum Gasteiger partial charge on any atom is -0.493 e. The summed E-state index contributed by atoms with van der Waals surface area (Å²) < 4.78 is 5.47. The van der Waals surface area contributed by atoms with Crippen LogP contribution in [0, 0.1) is 0 Å². The maximum atomic E-state index is 12.1. The first kappa shape index (κ1) is 17.4. The molecule has 0 radical (unpaired) electrons. The molecule has 1 aliphatic heterocycles. The monoisotopic (exact) mass is 362 g/mol. The number of urea groups is 1. The van der Waals surface area contributed by atoms with Gasteiger partial charge in [0.2, 0.25) is 0 Å². The molecule has 3 N–H and O–H groups in total. The fourth-order valence-corrected chi connectivity index (χ4v) is 3.41. The number of rotatable bonds is 5. The predicted octanol–water partition coefficient (Wildman–Crippen LogP) is 3.31. The lowest BCUT2D eigenvalue weighted by Crippen LogP contribution is -2.37. The lowest BCUT2D eigenvalue weighted by Gasteiger charge is -2.14. The molecule has 0 saturated heterocycles. The molecule has 138 valence electrons. The van der Waals surface area contributed by atoms with Gasteiger partial charge in [0.25, 0.3) is 0 Å². The molecule has 3 aromatic carbocycles. The molecule has 1 aliphatic rings. The first-order valence-electron chi connectivity index (χ1n) is 9.13.